The van der Waals surface area contributed by atoms with Crippen LogP contribution >= 0.6 is 0 Å². The molecule has 0 spiro atoms. The topological polar surface area (TPSA) is 33.5 Å². The van der Waals surface area contributed by atoms with Crippen molar-refractivity contribution < 1.29 is 31.3 Å². The van der Waals surface area contributed by atoms with E-state index in [0.717, 1.165) is 57.8 Å². The van der Waals surface area contributed by atoms with Gasteiger partial charge >= 0.3 is 0 Å². The SMILES string of the molecule is [2H]c1c([2H])c([2H])c2c(c1[2H])c1ccc(Oc3[c-]c(N4[CH-]N(c5c(-c6cccc(C(C)(C)C)c6)cccc5-c5ccc6c(c5)C(C)(C)CCC6(C)C)c5ccccc54)ccc3)[c-]c1n2-c1cc(C(C)(C)C)ccn1.[Pt]. The zero-order valence-electron chi connectivity index (χ0n) is 45.7. The Kier molecular flexibility index (Phi) is 10.6. The molecule has 11 rings (SSSR count). The summed E-state index contributed by atoms with van der Waals surface area (Å²) in [6.07, 6.45) is 4.03. The van der Waals surface area contributed by atoms with Crippen LogP contribution in [0.5, 0.6) is 11.5 Å². The molecule has 1 aliphatic carbocycles. The molecule has 0 saturated carbocycles. The number of anilines is 4. The van der Waals surface area contributed by atoms with Crippen LogP contribution in [-0.4, -0.2) is 9.55 Å². The van der Waals surface area contributed by atoms with Crippen molar-refractivity contribution in [1.29, 1.82) is 0 Å². The zero-order valence-corrected chi connectivity index (χ0v) is 44.0. The van der Waals surface area contributed by atoms with Crippen molar-refractivity contribution in [1.82, 2.24) is 9.55 Å². The van der Waals surface area contributed by atoms with E-state index < -0.39 is 0 Å². The summed E-state index contributed by atoms with van der Waals surface area (Å²) < 4.78 is 43.7. The predicted molar refractivity (Wildman–Crippen MR) is 288 cm³/mol. The third kappa shape index (κ3) is 8.34. The molecular weight excluding hydrogens is 1040 g/mol. The summed E-state index contributed by atoms with van der Waals surface area (Å²) in [7, 11) is 0. The van der Waals surface area contributed by atoms with Gasteiger partial charge in [0.2, 0.25) is 0 Å². The molecule has 5 nitrogen and oxygen atoms in total. The van der Waals surface area contributed by atoms with Crippen LogP contribution < -0.4 is 14.5 Å². The van der Waals surface area contributed by atoms with E-state index in [9.17, 15) is 0 Å². The summed E-state index contributed by atoms with van der Waals surface area (Å²) in [5, 5.41) is 1.02. The molecule has 0 atom stereocenters. The van der Waals surface area contributed by atoms with E-state index in [1.165, 1.54) is 22.3 Å². The fourth-order valence-electron chi connectivity index (χ4n) is 10.3. The minimum Gasteiger partial charge on any atom is -0.509 e. The van der Waals surface area contributed by atoms with Gasteiger partial charge in [-0.05, 0) is 104 Å². The smallest absolute Gasteiger partial charge is 0.135 e. The molecule has 7 aromatic carbocycles. The van der Waals surface area contributed by atoms with Gasteiger partial charge in [0.15, 0.2) is 0 Å². The molecule has 0 bridgehead atoms. The number of pyridine rings is 1. The van der Waals surface area contributed by atoms with E-state index in [2.05, 4.69) is 183 Å². The molecule has 9 aromatic rings. The summed E-state index contributed by atoms with van der Waals surface area (Å²) in [4.78, 5) is 9.27. The fraction of sp³-hybridized carbons (Fsp3) is 0.250. The Morgan fingerprint density at radius 3 is 2.00 bits per heavy atom. The minimum atomic E-state index is -0.309. The molecule has 3 heterocycles. The van der Waals surface area contributed by atoms with Crippen LogP contribution in [0.15, 0.2) is 158 Å². The van der Waals surface area contributed by atoms with Gasteiger partial charge < -0.3 is 19.1 Å². The quantitative estimate of drug-likeness (QED) is 0.149. The van der Waals surface area contributed by atoms with Gasteiger partial charge in [-0.1, -0.05) is 166 Å². The molecule has 1 aliphatic heterocycles. The first-order valence-corrected chi connectivity index (χ1v) is 24.2. The van der Waals surface area contributed by atoms with E-state index in [-0.39, 0.29) is 66.9 Å². The van der Waals surface area contributed by atoms with Gasteiger partial charge in [-0.15, -0.1) is 48.1 Å². The number of aromatic nitrogens is 2. The molecule has 70 heavy (non-hydrogen) atoms. The largest absolute Gasteiger partial charge is 0.509 e. The van der Waals surface area contributed by atoms with Gasteiger partial charge in [0.1, 0.15) is 5.82 Å². The number of ether oxygens (including phenoxy) is 1. The van der Waals surface area contributed by atoms with Crippen LogP contribution in [0.4, 0.5) is 22.7 Å². The fourth-order valence-corrected chi connectivity index (χ4v) is 10.3. The van der Waals surface area contributed by atoms with Crippen molar-refractivity contribution in [2.75, 3.05) is 9.80 Å². The second kappa shape index (κ2) is 17.5. The molecule has 0 radical (unpaired) electrons. The number of nitrogens with zero attached hydrogens (tertiary/aromatic N) is 4. The van der Waals surface area contributed by atoms with Gasteiger partial charge in [-0.2, -0.15) is 12.1 Å². The Morgan fingerprint density at radius 1 is 0.614 bits per heavy atom. The van der Waals surface area contributed by atoms with Gasteiger partial charge in [0.05, 0.1) is 5.48 Å². The van der Waals surface area contributed by atoms with E-state index in [1.807, 2.05) is 36.4 Å². The van der Waals surface area contributed by atoms with Crippen molar-refractivity contribution in [2.45, 2.75) is 104 Å². The second-order valence-electron chi connectivity index (χ2n) is 22.2. The van der Waals surface area contributed by atoms with E-state index in [4.69, 9.17) is 15.2 Å². The minimum absolute atomic E-state index is 0. The van der Waals surface area contributed by atoms with Crippen molar-refractivity contribution in [2.24, 2.45) is 0 Å². The number of fused-ring (bicyclic) bond motifs is 5. The van der Waals surface area contributed by atoms with Crippen LogP contribution in [0.25, 0.3) is 49.9 Å². The first-order valence-electron chi connectivity index (χ1n) is 26.2. The van der Waals surface area contributed by atoms with Crippen LogP contribution in [0, 0.1) is 18.8 Å². The molecular formula is C64H61N4OPt-3. The number of rotatable bonds is 7. The number of hydrogen-bond donors (Lipinski definition) is 0. The van der Waals surface area contributed by atoms with E-state index >= 15 is 0 Å². The van der Waals surface area contributed by atoms with Crippen molar-refractivity contribution in [3.8, 4) is 39.6 Å². The molecule has 0 N–H and O–H groups in total. The Balaban J connectivity index is 0.00000626. The van der Waals surface area contributed by atoms with Crippen molar-refractivity contribution >= 4 is 44.6 Å². The standard InChI is InChI=1S/C64H61N4O.Pt/c1-61(2,3)44-19-15-18-42(36-44)49-23-17-24-50(43-28-31-53-54(37-43)64(9,10)34-33-63(53,7)8)60(49)67-41-66(56-26-13-14-27-57(56)67)46-20-16-21-47(39-46)69-48-29-30-52-51-22-11-12-25-55(51)68(58(52)40-48)59-38-45(32-35-65-59)62(4,5)6;/h11-32,35-38,41H,33-34H2,1-10H3;/q-3;/i11D,12D,22D,25D;. The summed E-state index contributed by atoms with van der Waals surface area (Å²) in [5.74, 6) is 1.39. The predicted octanol–water partition coefficient (Wildman–Crippen LogP) is 17.3. The Labute approximate surface area is 435 Å². The maximum Gasteiger partial charge on any atom is 0.135 e. The summed E-state index contributed by atoms with van der Waals surface area (Å²) in [6, 6.07) is 51.1. The van der Waals surface area contributed by atoms with Crippen LogP contribution in [0.2, 0.25) is 0 Å². The summed E-state index contributed by atoms with van der Waals surface area (Å²) in [5.41, 5.74) is 14.4. The molecule has 0 amide bonds. The van der Waals surface area contributed by atoms with E-state index in [1.54, 1.807) is 16.8 Å². The normalized spacial score (nSPS) is 16.0. The zero-order chi connectivity index (χ0) is 51.5. The molecule has 0 fully saturated rings. The Morgan fingerprint density at radius 2 is 1.26 bits per heavy atom. The Hall–Kier alpha value is -6.42. The summed E-state index contributed by atoms with van der Waals surface area (Å²) >= 11 is 0. The van der Waals surface area contributed by atoms with Gasteiger partial charge in [0, 0.05) is 72.5 Å². The molecule has 2 aromatic heterocycles. The first-order chi connectivity index (χ1) is 34.6. The van der Waals surface area contributed by atoms with Crippen LogP contribution in [0.1, 0.15) is 110 Å². The van der Waals surface area contributed by atoms with Crippen LogP contribution in [0.3, 0.4) is 0 Å². The average molecular weight is 1100 g/mol. The van der Waals surface area contributed by atoms with Crippen LogP contribution in [-0.2, 0) is 42.7 Å². The number of para-hydroxylation sites is 4. The first kappa shape index (κ1) is 42.5. The molecule has 0 unspecified atom stereocenters. The number of hydrogen-bond acceptors (Lipinski definition) is 4. The molecule has 356 valence electrons. The monoisotopic (exact) mass is 1100 g/mol. The third-order valence-electron chi connectivity index (χ3n) is 14.5. The molecule has 2 aliphatic rings. The van der Waals surface area contributed by atoms with Crippen molar-refractivity contribution in [3.05, 3.63) is 199 Å². The van der Waals surface area contributed by atoms with Gasteiger partial charge in [-0.25, -0.2) is 4.98 Å². The Bertz CT molecular complexity index is 3700. The number of benzene rings is 7. The van der Waals surface area contributed by atoms with Gasteiger partial charge in [0.25, 0.3) is 0 Å². The third-order valence-corrected chi connectivity index (χ3v) is 14.5. The van der Waals surface area contributed by atoms with Crippen molar-refractivity contribution in [3.63, 3.8) is 0 Å². The molecule has 0 saturated heterocycles. The maximum atomic E-state index is 9.09. The summed E-state index contributed by atoms with van der Waals surface area (Å²) in [6.45, 7) is 24.9. The molecule has 6 heteroatoms. The maximum absolute atomic E-state index is 9.09. The second-order valence-corrected chi connectivity index (χ2v) is 22.2. The van der Waals surface area contributed by atoms with Gasteiger partial charge in [-0.3, -0.25) is 0 Å². The average Bonchev–Trinajstić information content (AvgIpc) is 3.94. The van der Waals surface area contributed by atoms with E-state index in [0.29, 0.717) is 39.1 Å².